The third-order valence-electron chi connectivity index (χ3n) is 20.4. The zero-order valence-electron chi connectivity index (χ0n) is 62.0. The summed E-state index contributed by atoms with van der Waals surface area (Å²) in [5.41, 5.74) is 14.9. The van der Waals surface area contributed by atoms with Crippen LogP contribution in [0.25, 0.3) is 22.3 Å². The van der Waals surface area contributed by atoms with E-state index in [4.69, 9.17) is 29.6 Å². The lowest BCUT2D eigenvalue weighted by Crippen LogP contribution is -2.52. The van der Waals surface area contributed by atoms with E-state index in [0.717, 1.165) is 102 Å². The molecule has 8 aromatic carbocycles. The molecule has 4 fully saturated rings. The largest absolute Gasteiger partial charge is 0.482 e. The molecule has 8 heterocycles. The maximum atomic E-state index is 12.8. The Morgan fingerprint density at radius 2 is 0.652 bits per heavy atom. The van der Waals surface area contributed by atoms with Crippen molar-refractivity contribution in [1.82, 2.24) is 25.3 Å². The quantitative estimate of drug-likeness (QED) is 0.110. The van der Waals surface area contributed by atoms with Gasteiger partial charge in [0.2, 0.25) is 0 Å². The number of nitrogens with zero attached hydrogens (tertiary/aromatic N) is 3. The van der Waals surface area contributed by atoms with Crippen LogP contribution in [0.5, 0.6) is 23.0 Å². The highest BCUT2D eigenvalue weighted by atomic mass is 35.7. The lowest BCUT2D eigenvalue weighted by atomic mass is 9.82. The molecule has 590 valence electrons. The number of benzene rings is 8. The highest BCUT2D eigenvalue weighted by Crippen LogP contribution is 2.49. The number of rotatable bonds is 5. The van der Waals surface area contributed by atoms with Gasteiger partial charge < -0.3 is 50.0 Å². The number of nitrogens with one attached hydrogen (secondary N) is 2. The number of nitrogens with two attached hydrogens (primary N) is 1. The number of alkyl halides is 9. The molecule has 0 aromatic heterocycles. The monoisotopic (exact) mass is 1580 g/mol. The van der Waals surface area contributed by atoms with Gasteiger partial charge in [0, 0.05) is 124 Å². The molecule has 3 amide bonds. The van der Waals surface area contributed by atoms with E-state index in [1.54, 1.807) is 0 Å². The van der Waals surface area contributed by atoms with Crippen molar-refractivity contribution in [3.8, 4) is 23.0 Å². The van der Waals surface area contributed by atoms with Crippen LogP contribution in [0.2, 0.25) is 0 Å². The van der Waals surface area contributed by atoms with E-state index in [9.17, 15) is 62.3 Å². The van der Waals surface area contributed by atoms with Crippen LogP contribution in [0.3, 0.4) is 0 Å². The van der Waals surface area contributed by atoms with E-state index in [2.05, 4.69) is 83.1 Å². The van der Waals surface area contributed by atoms with Gasteiger partial charge in [-0.15, -0.1) is 0 Å². The first kappa shape index (κ1) is 82.8. The highest BCUT2D eigenvalue weighted by Gasteiger charge is 2.51. The number of hydrogen-bond donors (Lipinski definition) is 3. The molecule has 8 aliphatic heterocycles. The second-order valence-electron chi connectivity index (χ2n) is 28.1. The summed E-state index contributed by atoms with van der Waals surface area (Å²) in [5.74, 6) is -2.55. The molecule has 0 saturated carbocycles. The lowest BCUT2D eigenvalue weighted by molar-refractivity contribution is -0.187. The number of likely N-dealkylation sites (tertiary alicyclic amines) is 3. The fourth-order valence-corrected chi connectivity index (χ4v) is 15.7. The predicted octanol–water partition coefficient (Wildman–Crippen LogP) is 16.6. The Kier molecular flexibility index (Phi) is 25.7. The normalized spacial score (nSPS) is 17.9. The summed E-state index contributed by atoms with van der Waals surface area (Å²) in [6, 6.07) is 65.8. The van der Waals surface area contributed by atoms with E-state index in [0.29, 0.717) is 42.6 Å². The number of halogens is 10. The van der Waals surface area contributed by atoms with Gasteiger partial charge in [-0.25, -0.2) is 8.42 Å². The van der Waals surface area contributed by atoms with E-state index < -0.39 is 62.1 Å². The number of carbonyl (C=O) groups is 3. The van der Waals surface area contributed by atoms with E-state index in [1.807, 2.05) is 167 Å². The number of piperidine rings is 4. The second kappa shape index (κ2) is 34.8. The average Bonchev–Trinajstić information content (AvgIpc) is 0.761. The number of fused-ring (bicyclic) bond motifs is 4. The van der Waals surface area contributed by atoms with Gasteiger partial charge in [-0.1, -0.05) is 169 Å². The second-order valence-corrected chi connectivity index (χ2v) is 30.6. The topological polar surface area (TPSA) is 182 Å². The van der Waals surface area contributed by atoms with Crippen LogP contribution in [-0.4, -0.2) is 155 Å². The van der Waals surface area contributed by atoms with Gasteiger partial charge in [-0.3, -0.25) is 14.4 Å². The Hall–Kier alpha value is -10.2. The summed E-state index contributed by atoms with van der Waals surface area (Å²) >= 11 is 0. The van der Waals surface area contributed by atoms with Crippen molar-refractivity contribution < 1.29 is 81.3 Å². The molecule has 0 bridgehead atoms. The third-order valence-corrected chi connectivity index (χ3v) is 21.7. The molecular weight excluding hydrogens is 1500 g/mol. The zero-order chi connectivity index (χ0) is 80.3. The SMILES string of the molecule is C1=C(c2ccccc2)c2ccccc2OC12CCNCC2.CN.CNC.Cc1ccc2c(c1)C(c1ccccc1)=CC1(CCN(C(=O)C(F)(F)F)CC1)O2.O=C(N1CCC2(C=C(c3ccccc3)c3cc(S(=O)(=O)Cl)ccc3O2)CC1)C(F)(F)F.O=C(N1CCC2(C=C(c3ccccc3)c3ccccc3O2)CC1)C(F)(F)F. The summed E-state index contributed by atoms with van der Waals surface area (Å²) in [7, 11) is 6.78. The van der Waals surface area contributed by atoms with E-state index >= 15 is 0 Å². The minimum absolute atomic E-state index is 0.0120. The molecule has 16 rings (SSSR count). The standard InChI is InChI=1S/C22H20F3NO2.C21H17ClF3NO4S.C21H18F3NO2.C19H19NO.C2H7N.CH5N/c1-15-7-8-19-17(13-15)18(16-5-3-2-4-6-16)14-21(28-19)9-11-26(12-10-21)20(27)22(23,24)25;22-31(28,29)15-6-7-18-16(12-15)17(14-4-2-1-3-5-14)13-20(30-18)8-10-26(11-9-20)19(27)21(23,24)25;22-21(23,24)19(26)25-12-10-20(11-13-25)14-17(15-6-2-1-3-7-15)16-8-4-5-9-18(16)27-20;1-2-6-15(7-3-1)17-14-19(10-12-20-13-11-19)21-18-9-5-4-8-16(17)18;1-3-2;1-2/h2-8,13-14H,9-12H2,1H3;1-7,12-13H,8-11H2;1-9,14H,10-13H2;1-9,14,20H,10-13H2;3H,1-2H3;2H2,1H3. The summed E-state index contributed by atoms with van der Waals surface area (Å²) in [5, 5.41) is 6.18. The first-order valence-electron chi connectivity index (χ1n) is 36.7. The molecule has 112 heavy (non-hydrogen) atoms. The van der Waals surface area contributed by atoms with Crippen LogP contribution in [0.4, 0.5) is 39.5 Å². The number of aryl methyl sites for hydroxylation is 1. The third kappa shape index (κ3) is 19.5. The van der Waals surface area contributed by atoms with Crippen LogP contribution in [0, 0.1) is 6.92 Å². The fraction of sp³-hybridized carbons (Fsp3) is 0.314. The van der Waals surface area contributed by atoms with Crippen molar-refractivity contribution in [2.45, 2.75) is 104 Å². The molecule has 4 spiro atoms. The molecular formula is C86H86ClF9N6O9S. The van der Waals surface area contributed by atoms with Crippen LogP contribution in [-0.2, 0) is 23.4 Å². The van der Waals surface area contributed by atoms with Crippen LogP contribution in [0.15, 0.2) is 235 Å². The van der Waals surface area contributed by atoms with Gasteiger partial charge in [0.25, 0.3) is 9.05 Å². The van der Waals surface area contributed by atoms with E-state index in [1.165, 1.54) is 41.9 Å². The van der Waals surface area contributed by atoms with Gasteiger partial charge in [-0.05, 0) is 152 Å². The van der Waals surface area contributed by atoms with Crippen LogP contribution in [0.1, 0.15) is 101 Å². The molecule has 8 aromatic rings. The van der Waals surface area contributed by atoms with Gasteiger partial charge >= 0.3 is 36.3 Å². The van der Waals surface area contributed by atoms with Crippen molar-refractivity contribution in [2.24, 2.45) is 5.73 Å². The number of para-hydroxylation sites is 2. The minimum Gasteiger partial charge on any atom is -0.482 e. The Bertz CT molecular complexity index is 4880. The van der Waals surface area contributed by atoms with Crippen molar-refractivity contribution >= 4 is 59.7 Å². The predicted molar refractivity (Wildman–Crippen MR) is 414 cm³/mol. The van der Waals surface area contributed by atoms with E-state index in [-0.39, 0.29) is 62.6 Å². The van der Waals surface area contributed by atoms with Gasteiger partial charge in [0.15, 0.2) is 0 Å². The van der Waals surface area contributed by atoms with Gasteiger partial charge in [-0.2, -0.15) is 39.5 Å². The summed E-state index contributed by atoms with van der Waals surface area (Å²) in [6.07, 6.45) is -2.73. The fourth-order valence-electron chi connectivity index (χ4n) is 14.9. The number of carbonyl (C=O) groups excluding carboxylic acids is 3. The zero-order valence-corrected chi connectivity index (χ0v) is 63.6. The Morgan fingerprint density at radius 3 is 0.955 bits per heavy atom. The molecule has 8 aliphatic rings. The minimum atomic E-state index is -4.92. The smallest absolute Gasteiger partial charge is 0.471 e. The first-order valence-corrected chi connectivity index (χ1v) is 39.0. The Balaban J connectivity index is 0.000000146. The maximum Gasteiger partial charge on any atom is 0.471 e. The van der Waals surface area contributed by atoms with Crippen molar-refractivity contribution in [1.29, 1.82) is 0 Å². The summed E-state index contributed by atoms with van der Waals surface area (Å²) in [4.78, 5) is 37.1. The molecule has 26 heteroatoms. The Labute approximate surface area is 650 Å². The van der Waals surface area contributed by atoms with Crippen molar-refractivity contribution in [3.05, 3.63) is 281 Å². The summed E-state index contributed by atoms with van der Waals surface area (Å²) in [6.45, 7) is 3.87. The molecule has 15 nitrogen and oxygen atoms in total. The Morgan fingerprint density at radius 1 is 0.393 bits per heavy atom. The maximum absolute atomic E-state index is 12.8. The molecule has 0 unspecified atom stereocenters. The average molecular weight is 1590 g/mol. The number of ether oxygens (including phenoxy) is 4. The molecule has 0 radical (unpaired) electrons. The molecule has 0 aliphatic carbocycles. The summed E-state index contributed by atoms with van der Waals surface area (Å²) < 4.78 is 163. The van der Waals surface area contributed by atoms with Crippen molar-refractivity contribution in [3.63, 3.8) is 0 Å². The van der Waals surface area contributed by atoms with Gasteiger partial charge in [0.1, 0.15) is 45.4 Å². The van der Waals surface area contributed by atoms with Crippen LogP contribution < -0.4 is 35.3 Å². The highest BCUT2D eigenvalue weighted by molar-refractivity contribution is 8.13. The van der Waals surface area contributed by atoms with Crippen molar-refractivity contribution in [2.75, 3.05) is 73.5 Å². The lowest BCUT2D eigenvalue weighted by Gasteiger charge is -2.43. The number of amides is 3. The number of hydrogen-bond acceptors (Lipinski definition) is 12. The molecule has 4 saturated heterocycles. The molecule has 0 atom stereocenters. The van der Waals surface area contributed by atoms with Gasteiger partial charge in [0.05, 0.1) is 4.90 Å². The first-order chi connectivity index (χ1) is 53.4. The van der Waals surface area contributed by atoms with Crippen LogP contribution >= 0.6 is 10.7 Å². The molecule has 4 N–H and O–H groups in total.